The Kier molecular flexibility index (Phi) is 7.85. The number of ether oxygens (including phenoxy) is 1. The van der Waals surface area contributed by atoms with E-state index in [2.05, 4.69) is 10.6 Å². The van der Waals surface area contributed by atoms with Crippen LogP contribution < -0.4 is 15.5 Å². The van der Waals surface area contributed by atoms with Crippen molar-refractivity contribution >= 4 is 64.0 Å². The van der Waals surface area contributed by atoms with Gasteiger partial charge in [0.25, 0.3) is 17.7 Å². The molecule has 3 aromatic carbocycles. The minimum Gasteiger partial charge on any atom is -0.459 e. The smallest absolute Gasteiger partial charge is 0.338 e. The van der Waals surface area contributed by atoms with Crippen LogP contribution in [0.25, 0.3) is 0 Å². The zero-order valence-electron chi connectivity index (χ0n) is 20.7. The lowest BCUT2D eigenvalue weighted by molar-refractivity contribution is -0.120. The summed E-state index contributed by atoms with van der Waals surface area (Å²) in [6.07, 6.45) is -0.332. The number of imide groups is 1. The van der Waals surface area contributed by atoms with Crippen molar-refractivity contribution in [3.05, 3.63) is 99.2 Å². The molecule has 0 fully saturated rings. The Morgan fingerprint density at radius 3 is 2.32 bits per heavy atom. The third-order valence-corrected chi connectivity index (χ3v) is 6.13. The van der Waals surface area contributed by atoms with Crippen molar-refractivity contribution in [3.63, 3.8) is 0 Å². The maximum Gasteiger partial charge on any atom is 0.338 e. The highest BCUT2D eigenvalue weighted by atomic mass is 35.5. The van der Waals surface area contributed by atoms with Crippen molar-refractivity contribution in [2.24, 2.45) is 0 Å². The van der Waals surface area contributed by atoms with E-state index < -0.39 is 17.8 Å². The number of amides is 3. The number of esters is 1. The molecule has 194 valence electrons. The average molecular weight is 552 g/mol. The molecule has 0 bridgehead atoms. The highest BCUT2D eigenvalue weighted by Crippen LogP contribution is 2.31. The van der Waals surface area contributed by atoms with Crippen LogP contribution in [-0.4, -0.2) is 29.8 Å². The van der Waals surface area contributed by atoms with E-state index in [1.807, 2.05) is 6.92 Å². The van der Waals surface area contributed by atoms with Crippen molar-refractivity contribution in [1.29, 1.82) is 0 Å². The van der Waals surface area contributed by atoms with Crippen LogP contribution in [0.2, 0.25) is 5.02 Å². The van der Waals surface area contributed by atoms with Gasteiger partial charge in [-0.2, -0.15) is 0 Å². The maximum atomic E-state index is 13.2. The number of rotatable bonds is 7. The number of anilines is 3. The first-order chi connectivity index (χ1) is 18.0. The Bertz CT molecular complexity index is 1500. The molecule has 0 aromatic heterocycles. The van der Waals surface area contributed by atoms with E-state index >= 15 is 0 Å². The van der Waals surface area contributed by atoms with Gasteiger partial charge in [0.2, 0.25) is 0 Å². The molecule has 1 aliphatic rings. The quantitative estimate of drug-likeness (QED) is 0.279. The molecule has 0 atom stereocenters. The molecule has 0 saturated heterocycles. The lowest BCUT2D eigenvalue weighted by Gasteiger charge is -2.16. The van der Waals surface area contributed by atoms with Gasteiger partial charge in [-0.05, 0) is 80.9 Å². The van der Waals surface area contributed by atoms with E-state index in [9.17, 15) is 19.2 Å². The summed E-state index contributed by atoms with van der Waals surface area (Å²) in [7, 11) is 0. The molecular formula is C28H23Cl2N3O5. The zero-order valence-corrected chi connectivity index (χ0v) is 22.2. The summed E-state index contributed by atoms with van der Waals surface area (Å²) in [6.45, 7) is 5.26. The summed E-state index contributed by atoms with van der Waals surface area (Å²) in [6, 6.07) is 17.5. The van der Waals surface area contributed by atoms with Gasteiger partial charge in [0, 0.05) is 22.0 Å². The predicted molar refractivity (Wildman–Crippen MR) is 147 cm³/mol. The molecule has 10 heteroatoms. The van der Waals surface area contributed by atoms with Crippen molar-refractivity contribution in [3.8, 4) is 0 Å². The van der Waals surface area contributed by atoms with Crippen molar-refractivity contribution in [2.75, 3.05) is 15.5 Å². The van der Waals surface area contributed by atoms with Gasteiger partial charge >= 0.3 is 5.97 Å². The number of nitrogens with zero attached hydrogens (tertiary/aromatic N) is 1. The second-order valence-electron chi connectivity index (χ2n) is 8.76. The van der Waals surface area contributed by atoms with Gasteiger partial charge < -0.3 is 15.4 Å². The first kappa shape index (κ1) is 26.9. The van der Waals surface area contributed by atoms with Crippen LogP contribution in [0.3, 0.4) is 0 Å². The van der Waals surface area contributed by atoms with Crippen LogP contribution in [0, 0.1) is 6.92 Å². The fourth-order valence-electron chi connectivity index (χ4n) is 3.74. The summed E-state index contributed by atoms with van der Waals surface area (Å²) in [4.78, 5) is 52.1. The van der Waals surface area contributed by atoms with E-state index in [1.54, 1.807) is 50.2 Å². The van der Waals surface area contributed by atoms with Gasteiger partial charge in [-0.15, -0.1) is 0 Å². The van der Waals surface area contributed by atoms with Gasteiger partial charge in [0.15, 0.2) is 0 Å². The summed E-state index contributed by atoms with van der Waals surface area (Å²) >= 11 is 12.2. The number of halogens is 2. The SMILES string of the molecule is Cc1cc(Cl)ccc1NC(=O)c1cccc(NC2=C(Cl)C(=O)N(c3cccc(C(=O)OC(C)C)c3)C2=O)c1. The van der Waals surface area contributed by atoms with Crippen LogP contribution in [0.15, 0.2) is 77.5 Å². The number of hydrogen-bond donors (Lipinski definition) is 2. The van der Waals surface area contributed by atoms with Gasteiger partial charge in [-0.3, -0.25) is 14.4 Å². The average Bonchev–Trinajstić information content (AvgIpc) is 3.08. The highest BCUT2D eigenvalue weighted by Gasteiger charge is 2.39. The monoisotopic (exact) mass is 551 g/mol. The number of benzene rings is 3. The molecule has 38 heavy (non-hydrogen) atoms. The standard InChI is InChI=1S/C28H23Cl2N3O5/c1-15(2)38-28(37)18-7-5-9-21(14-18)33-26(35)23(30)24(27(33)36)31-20-8-4-6-17(13-20)25(34)32-22-11-10-19(29)12-16(22)3/h4-15,31H,1-3H3,(H,32,34). The third-order valence-electron chi connectivity index (χ3n) is 5.54. The van der Waals surface area contributed by atoms with Crippen LogP contribution in [0.5, 0.6) is 0 Å². The lowest BCUT2D eigenvalue weighted by Crippen LogP contribution is -2.32. The second-order valence-corrected chi connectivity index (χ2v) is 9.57. The first-order valence-corrected chi connectivity index (χ1v) is 12.3. The molecule has 0 aliphatic carbocycles. The van der Waals surface area contributed by atoms with E-state index in [0.717, 1.165) is 10.5 Å². The Balaban J connectivity index is 1.53. The molecule has 0 saturated carbocycles. The lowest BCUT2D eigenvalue weighted by atomic mass is 10.1. The molecule has 4 rings (SSSR count). The summed E-state index contributed by atoms with van der Waals surface area (Å²) in [5, 5.41) is 5.92. The molecule has 0 radical (unpaired) electrons. The molecule has 8 nitrogen and oxygen atoms in total. The molecule has 2 N–H and O–H groups in total. The van der Waals surface area contributed by atoms with E-state index in [-0.39, 0.29) is 34.0 Å². The van der Waals surface area contributed by atoms with Crippen LogP contribution >= 0.6 is 23.2 Å². The number of carbonyl (C=O) groups excluding carboxylic acids is 4. The van der Waals surface area contributed by atoms with Crippen LogP contribution in [-0.2, 0) is 14.3 Å². The highest BCUT2D eigenvalue weighted by molar-refractivity contribution is 6.53. The van der Waals surface area contributed by atoms with E-state index in [0.29, 0.717) is 22.0 Å². The molecule has 1 heterocycles. The number of hydrogen-bond acceptors (Lipinski definition) is 6. The van der Waals surface area contributed by atoms with Crippen molar-refractivity contribution < 1.29 is 23.9 Å². The largest absolute Gasteiger partial charge is 0.459 e. The van der Waals surface area contributed by atoms with Crippen LogP contribution in [0.1, 0.15) is 40.1 Å². The van der Waals surface area contributed by atoms with Crippen molar-refractivity contribution in [2.45, 2.75) is 26.9 Å². The number of carbonyl (C=O) groups is 4. The molecule has 3 aromatic rings. The molecule has 3 amide bonds. The van der Waals surface area contributed by atoms with Gasteiger partial charge in [-0.25, -0.2) is 9.69 Å². The minimum absolute atomic E-state index is 0.155. The van der Waals surface area contributed by atoms with Gasteiger partial charge in [0.05, 0.1) is 17.4 Å². The van der Waals surface area contributed by atoms with E-state index in [1.165, 1.54) is 30.3 Å². The summed E-state index contributed by atoms with van der Waals surface area (Å²) in [5.41, 5.74) is 2.28. The molecule has 0 spiro atoms. The Morgan fingerprint density at radius 1 is 0.895 bits per heavy atom. The zero-order chi connectivity index (χ0) is 27.6. The first-order valence-electron chi connectivity index (χ1n) is 11.6. The normalized spacial score (nSPS) is 13.3. The summed E-state index contributed by atoms with van der Waals surface area (Å²) in [5.74, 6) is -2.41. The fourth-order valence-corrected chi connectivity index (χ4v) is 4.18. The predicted octanol–water partition coefficient (Wildman–Crippen LogP) is 5.90. The second kappa shape index (κ2) is 11.1. The fraction of sp³-hybridized carbons (Fsp3) is 0.143. The topological polar surface area (TPSA) is 105 Å². The van der Waals surface area contributed by atoms with Gasteiger partial charge in [-0.1, -0.05) is 35.3 Å². The molecule has 0 unspecified atom stereocenters. The minimum atomic E-state index is -0.749. The Labute approximate surface area is 229 Å². The van der Waals surface area contributed by atoms with E-state index in [4.69, 9.17) is 27.9 Å². The Hall–Kier alpha value is -4.14. The number of aryl methyl sites for hydroxylation is 1. The Morgan fingerprint density at radius 2 is 1.61 bits per heavy atom. The molecular weight excluding hydrogens is 529 g/mol. The third kappa shape index (κ3) is 5.72. The molecule has 1 aliphatic heterocycles. The van der Waals surface area contributed by atoms with Crippen molar-refractivity contribution in [1.82, 2.24) is 0 Å². The summed E-state index contributed by atoms with van der Waals surface area (Å²) < 4.78 is 5.19. The van der Waals surface area contributed by atoms with Gasteiger partial charge in [0.1, 0.15) is 10.7 Å². The maximum absolute atomic E-state index is 13.2. The number of nitrogens with one attached hydrogen (secondary N) is 2. The van der Waals surface area contributed by atoms with Crippen LogP contribution in [0.4, 0.5) is 17.1 Å².